The summed E-state index contributed by atoms with van der Waals surface area (Å²) >= 11 is 2.98. The lowest BCUT2D eigenvalue weighted by atomic mass is 10.2. The molecule has 0 saturated heterocycles. The molecule has 0 spiro atoms. The summed E-state index contributed by atoms with van der Waals surface area (Å²) in [5, 5.41) is 11.4. The predicted molar refractivity (Wildman–Crippen MR) is 58.9 cm³/mol. The van der Waals surface area contributed by atoms with Crippen molar-refractivity contribution < 1.29 is 13.9 Å². The first-order valence-corrected chi connectivity index (χ1v) is 5.43. The zero-order valence-corrected chi connectivity index (χ0v) is 9.65. The molecule has 0 aliphatic rings. The highest BCUT2D eigenvalue weighted by atomic mass is 79.9. The molecule has 5 heteroatoms. The van der Waals surface area contributed by atoms with Gasteiger partial charge in [0.1, 0.15) is 11.6 Å². The molecular weight excluding hydrogens is 268 g/mol. The van der Waals surface area contributed by atoms with Crippen LogP contribution < -0.4 is 5.32 Å². The molecule has 0 bridgehead atoms. The van der Waals surface area contributed by atoms with Crippen LogP contribution in [-0.2, 0) is 0 Å². The highest BCUT2D eigenvalue weighted by molar-refractivity contribution is 9.10. The number of rotatable bonds is 5. The molecule has 0 atom stereocenters. The van der Waals surface area contributed by atoms with Crippen molar-refractivity contribution in [3.63, 3.8) is 0 Å². The maximum Gasteiger partial charge on any atom is 0.149 e. The van der Waals surface area contributed by atoms with E-state index >= 15 is 0 Å². The van der Waals surface area contributed by atoms with Crippen LogP contribution in [0.5, 0.6) is 0 Å². The van der Waals surface area contributed by atoms with E-state index in [2.05, 4.69) is 21.2 Å². The number of aliphatic hydroxyl groups excluding tert-OH is 1. The van der Waals surface area contributed by atoms with Gasteiger partial charge in [-0.1, -0.05) is 0 Å². The van der Waals surface area contributed by atoms with Crippen molar-refractivity contribution in [2.45, 2.75) is 12.8 Å². The molecule has 0 amide bonds. The fourth-order valence-electron chi connectivity index (χ4n) is 1.12. The van der Waals surface area contributed by atoms with Crippen molar-refractivity contribution >= 4 is 21.6 Å². The lowest BCUT2D eigenvalue weighted by molar-refractivity contribution is 0.286. The van der Waals surface area contributed by atoms with E-state index in [9.17, 15) is 8.78 Å². The Morgan fingerprint density at radius 1 is 1.20 bits per heavy atom. The van der Waals surface area contributed by atoms with Gasteiger partial charge in [-0.15, -0.1) is 0 Å². The van der Waals surface area contributed by atoms with Crippen LogP contribution in [0, 0.1) is 11.6 Å². The summed E-state index contributed by atoms with van der Waals surface area (Å²) in [6.45, 7) is 0.673. The lowest BCUT2D eigenvalue weighted by Gasteiger charge is -2.07. The van der Waals surface area contributed by atoms with Crippen LogP contribution in [0.15, 0.2) is 16.6 Å². The molecule has 2 N–H and O–H groups in total. The normalized spacial score (nSPS) is 10.4. The summed E-state index contributed by atoms with van der Waals surface area (Å²) in [5.41, 5.74) is 0.265. The second-order valence-electron chi connectivity index (χ2n) is 3.10. The highest BCUT2D eigenvalue weighted by Crippen LogP contribution is 2.23. The Balaban J connectivity index is 2.57. The van der Waals surface area contributed by atoms with Gasteiger partial charge in [-0.2, -0.15) is 0 Å². The van der Waals surface area contributed by atoms with Crippen LogP contribution in [-0.4, -0.2) is 18.3 Å². The van der Waals surface area contributed by atoms with Gasteiger partial charge in [-0.05, 0) is 34.8 Å². The van der Waals surface area contributed by atoms with Gasteiger partial charge in [0, 0.05) is 19.2 Å². The average molecular weight is 280 g/mol. The number of hydrogen-bond acceptors (Lipinski definition) is 2. The summed E-state index contributed by atoms with van der Waals surface area (Å²) in [5.74, 6) is -1.23. The third-order valence-corrected chi connectivity index (χ3v) is 2.52. The Morgan fingerprint density at radius 3 is 2.60 bits per heavy atom. The Kier molecular flexibility index (Phi) is 4.98. The van der Waals surface area contributed by atoms with Gasteiger partial charge in [-0.3, -0.25) is 0 Å². The van der Waals surface area contributed by atoms with Crippen LogP contribution in [0.3, 0.4) is 0 Å². The van der Waals surface area contributed by atoms with Crippen molar-refractivity contribution in [3.05, 3.63) is 28.2 Å². The second kappa shape index (κ2) is 6.02. The van der Waals surface area contributed by atoms with E-state index in [0.29, 0.717) is 13.0 Å². The van der Waals surface area contributed by atoms with Crippen molar-refractivity contribution in [2.24, 2.45) is 0 Å². The number of anilines is 1. The van der Waals surface area contributed by atoms with E-state index in [4.69, 9.17) is 5.11 Å². The van der Waals surface area contributed by atoms with Gasteiger partial charge in [0.25, 0.3) is 0 Å². The smallest absolute Gasteiger partial charge is 0.149 e. The van der Waals surface area contributed by atoms with E-state index in [-0.39, 0.29) is 16.8 Å². The summed E-state index contributed by atoms with van der Waals surface area (Å²) < 4.78 is 26.3. The van der Waals surface area contributed by atoms with Crippen molar-refractivity contribution in [2.75, 3.05) is 18.5 Å². The molecule has 0 aliphatic heterocycles. The third-order valence-electron chi connectivity index (χ3n) is 1.91. The zero-order valence-electron chi connectivity index (χ0n) is 8.06. The second-order valence-corrected chi connectivity index (χ2v) is 3.96. The molecule has 0 unspecified atom stereocenters. The molecule has 0 heterocycles. The number of benzene rings is 1. The molecule has 0 saturated carbocycles. The highest BCUT2D eigenvalue weighted by Gasteiger charge is 2.07. The molecule has 2 nitrogen and oxygen atoms in total. The first-order chi connectivity index (χ1) is 7.15. The van der Waals surface area contributed by atoms with E-state index in [1.165, 1.54) is 6.07 Å². The Morgan fingerprint density at radius 2 is 1.93 bits per heavy atom. The number of nitrogens with one attached hydrogen (secondary N) is 1. The predicted octanol–water partition coefficient (Wildman–Crippen LogP) is 2.91. The minimum atomic E-state index is -0.617. The van der Waals surface area contributed by atoms with Gasteiger partial charge in [0.2, 0.25) is 0 Å². The molecule has 1 aromatic carbocycles. The van der Waals surface area contributed by atoms with Crippen molar-refractivity contribution in [1.82, 2.24) is 0 Å². The standard InChI is InChI=1S/C10H12BrF2NO/c11-7-5-10(9(13)6-8(7)12)14-3-1-2-4-15/h5-6,14-15H,1-4H2. The largest absolute Gasteiger partial charge is 0.396 e. The SMILES string of the molecule is OCCCCNc1cc(Br)c(F)cc1F. The van der Waals surface area contributed by atoms with Crippen LogP contribution in [0.2, 0.25) is 0 Å². The third kappa shape index (κ3) is 3.76. The van der Waals surface area contributed by atoms with Crippen LogP contribution in [0.1, 0.15) is 12.8 Å². The van der Waals surface area contributed by atoms with Crippen LogP contribution >= 0.6 is 15.9 Å². The minimum absolute atomic E-state index is 0.122. The Labute approximate surface area is 95.4 Å². The molecule has 15 heavy (non-hydrogen) atoms. The Bertz CT molecular complexity index is 333. The van der Waals surface area contributed by atoms with E-state index in [1.807, 2.05) is 0 Å². The summed E-state index contributed by atoms with van der Waals surface area (Å²) in [7, 11) is 0. The van der Waals surface area contributed by atoms with Gasteiger partial charge < -0.3 is 10.4 Å². The number of unbranched alkanes of at least 4 members (excludes halogenated alkanes) is 1. The topological polar surface area (TPSA) is 32.3 Å². The van der Waals surface area contributed by atoms with Crippen molar-refractivity contribution in [3.8, 4) is 0 Å². The Hall–Kier alpha value is -0.680. The van der Waals surface area contributed by atoms with Gasteiger partial charge in [0.05, 0.1) is 10.2 Å². The molecule has 0 aliphatic carbocycles. The first-order valence-electron chi connectivity index (χ1n) is 4.64. The zero-order chi connectivity index (χ0) is 11.3. The number of hydrogen-bond donors (Lipinski definition) is 2. The van der Waals surface area contributed by atoms with Crippen LogP contribution in [0.25, 0.3) is 0 Å². The lowest BCUT2D eigenvalue weighted by Crippen LogP contribution is -2.04. The van der Waals surface area contributed by atoms with Crippen molar-refractivity contribution in [1.29, 1.82) is 0 Å². The maximum absolute atomic E-state index is 13.2. The molecule has 0 radical (unpaired) electrons. The van der Waals surface area contributed by atoms with E-state index in [0.717, 1.165) is 12.5 Å². The number of halogens is 3. The summed E-state index contributed by atoms with van der Waals surface area (Å²) in [6, 6.07) is 2.20. The summed E-state index contributed by atoms with van der Waals surface area (Å²) in [4.78, 5) is 0. The van der Waals surface area contributed by atoms with Gasteiger partial charge in [0.15, 0.2) is 0 Å². The molecule has 0 fully saturated rings. The molecule has 1 aromatic rings. The monoisotopic (exact) mass is 279 g/mol. The molecule has 1 rings (SSSR count). The van der Waals surface area contributed by atoms with Gasteiger partial charge in [-0.25, -0.2) is 8.78 Å². The molecular formula is C10H12BrF2NO. The van der Waals surface area contributed by atoms with E-state index in [1.54, 1.807) is 0 Å². The van der Waals surface area contributed by atoms with E-state index < -0.39 is 11.6 Å². The number of aliphatic hydroxyl groups is 1. The minimum Gasteiger partial charge on any atom is -0.396 e. The summed E-state index contributed by atoms with van der Waals surface area (Å²) in [6.07, 6.45) is 1.40. The average Bonchev–Trinajstić information content (AvgIpc) is 2.20. The first kappa shape index (κ1) is 12.4. The maximum atomic E-state index is 13.2. The molecule has 0 aromatic heterocycles. The van der Waals surface area contributed by atoms with Crippen LogP contribution in [0.4, 0.5) is 14.5 Å². The fourth-order valence-corrected chi connectivity index (χ4v) is 1.46. The fraction of sp³-hybridized carbons (Fsp3) is 0.400. The molecule has 84 valence electrons. The van der Waals surface area contributed by atoms with Gasteiger partial charge >= 0.3 is 0 Å². The quantitative estimate of drug-likeness (QED) is 0.642.